The quantitative estimate of drug-likeness (QED) is 0.572. The van der Waals surface area contributed by atoms with Crippen molar-refractivity contribution in [3.05, 3.63) is 33.1 Å². The van der Waals surface area contributed by atoms with E-state index in [1.54, 1.807) is 0 Å². The van der Waals surface area contributed by atoms with Crippen LogP contribution >= 0.6 is 0 Å². The SMILES string of the molecule is NCCn1c(=O)ccn(CC(N)=O)c1=O. The third-order valence-corrected chi connectivity index (χ3v) is 1.82. The highest BCUT2D eigenvalue weighted by Crippen LogP contribution is 1.78. The number of hydrogen-bond acceptors (Lipinski definition) is 4. The summed E-state index contributed by atoms with van der Waals surface area (Å²) in [5.41, 5.74) is 9.18. The molecular formula is C8H12N4O3. The molecule has 0 fully saturated rings. The first-order chi connectivity index (χ1) is 7.06. The van der Waals surface area contributed by atoms with Gasteiger partial charge in [0.2, 0.25) is 5.91 Å². The van der Waals surface area contributed by atoms with Crippen molar-refractivity contribution in [2.24, 2.45) is 11.5 Å². The van der Waals surface area contributed by atoms with Crippen LogP contribution in [0.5, 0.6) is 0 Å². The summed E-state index contributed by atoms with van der Waals surface area (Å²) in [6.07, 6.45) is 1.24. The number of carbonyl (C=O) groups is 1. The molecule has 0 aliphatic carbocycles. The van der Waals surface area contributed by atoms with Gasteiger partial charge in [0.05, 0.1) is 0 Å². The fourth-order valence-electron chi connectivity index (χ4n) is 1.18. The van der Waals surface area contributed by atoms with Crippen molar-refractivity contribution in [2.75, 3.05) is 6.54 Å². The van der Waals surface area contributed by atoms with Crippen molar-refractivity contribution in [2.45, 2.75) is 13.1 Å². The molecule has 1 heterocycles. The Kier molecular flexibility index (Phi) is 3.40. The highest BCUT2D eigenvalue weighted by atomic mass is 16.2. The van der Waals surface area contributed by atoms with Crippen LogP contribution in [-0.4, -0.2) is 21.6 Å². The summed E-state index contributed by atoms with van der Waals surface area (Å²) in [4.78, 5) is 33.4. The Balaban J connectivity index is 3.22. The number of rotatable bonds is 4. The molecule has 7 nitrogen and oxygen atoms in total. The normalized spacial score (nSPS) is 10.2. The van der Waals surface area contributed by atoms with Gasteiger partial charge in [-0.15, -0.1) is 0 Å². The lowest BCUT2D eigenvalue weighted by Gasteiger charge is -2.06. The van der Waals surface area contributed by atoms with Gasteiger partial charge in [0.15, 0.2) is 0 Å². The summed E-state index contributed by atoms with van der Waals surface area (Å²) in [6, 6.07) is 1.19. The summed E-state index contributed by atoms with van der Waals surface area (Å²) >= 11 is 0. The molecule has 0 aromatic carbocycles. The summed E-state index contributed by atoms with van der Waals surface area (Å²) in [7, 11) is 0. The number of nitrogens with zero attached hydrogens (tertiary/aromatic N) is 2. The van der Waals surface area contributed by atoms with Crippen LogP contribution in [0.2, 0.25) is 0 Å². The molecule has 0 aliphatic heterocycles. The van der Waals surface area contributed by atoms with Gasteiger partial charge in [-0.2, -0.15) is 0 Å². The van der Waals surface area contributed by atoms with Crippen LogP contribution in [-0.2, 0) is 17.9 Å². The van der Waals surface area contributed by atoms with E-state index in [-0.39, 0.29) is 19.6 Å². The molecule has 0 aliphatic rings. The zero-order valence-corrected chi connectivity index (χ0v) is 8.05. The molecule has 1 rings (SSSR count). The molecule has 0 saturated carbocycles. The summed E-state index contributed by atoms with van der Waals surface area (Å²) in [5.74, 6) is -0.643. The van der Waals surface area contributed by atoms with E-state index in [2.05, 4.69) is 0 Å². The van der Waals surface area contributed by atoms with Crippen molar-refractivity contribution < 1.29 is 4.79 Å². The molecule has 0 atom stereocenters. The van der Waals surface area contributed by atoms with E-state index in [1.165, 1.54) is 12.3 Å². The van der Waals surface area contributed by atoms with Crippen LogP contribution in [0, 0.1) is 0 Å². The van der Waals surface area contributed by atoms with Crippen molar-refractivity contribution in [3.8, 4) is 0 Å². The summed E-state index contributed by atoms with van der Waals surface area (Å²) in [6.45, 7) is 0.0523. The molecule has 1 amide bonds. The topological polar surface area (TPSA) is 113 Å². The van der Waals surface area contributed by atoms with Crippen LogP contribution in [0.4, 0.5) is 0 Å². The van der Waals surface area contributed by atoms with Gasteiger partial charge in [-0.05, 0) is 0 Å². The van der Waals surface area contributed by atoms with Gasteiger partial charge < -0.3 is 11.5 Å². The number of aromatic nitrogens is 2. The molecule has 0 bridgehead atoms. The highest BCUT2D eigenvalue weighted by Gasteiger charge is 2.05. The molecule has 1 aromatic rings. The third-order valence-electron chi connectivity index (χ3n) is 1.82. The number of nitrogens with two attached hydrogens (primary N) is 2. The third kappa shape index (κ3) is 2.53. The van der Waals surface area contributed by atoms with E-state index in [4.69, 9.17) is 11.5 Å². The Morgan fingerprint density at radius 3 is 2.60 bits per heavy atom. The first-order valence-electron chi connectivity index (χ1n) is 4.35. The minimum Gasteiger partial charge on any atom is -0.368 e. The smallest absolute Gasteiger partial charge is 0.331 e. The lowest BCUT2D eigenvalue weighted by Crippen LogP contribution is -2.42. The molecule has 7 heteroatoms. The predicted octanol–water partition coefficient (Wildman–Crippen LogP) is -2.55. The van der Waals surface area contributed by atoms with Gasteiger partial charge in [0.1, 0.15) is 6.54 Å². The van der Waals surface area contributed by atoms with Crippen molar-refractivity contribution in [3.63, 3.8) is 0 Å². The maximum Gasteiger partial charge on any atom is 0.331 e. The zero-order valence-electron chi connectivity index (χ0n) is 8.05. The molecule has 0 saturated heterocycles. The van der Waals surface area contributed by atoms with Crippen LogP contribution in [0.1, 0.15) is 0 Å². The second-order valence-electron chi connectivity index (χ2n) is 2.97. The lowest BCUT2D eigenvalue weighted by molar-refractivity contribution is -0.118. The molecule has 0 spiro atoms. The molecule has 15 heavy (non-hydrogen) atoms. The second-order valence-corrected chi connectivity index (χ2v) is 2.97. The van der Waals surface area contributed by atoms with Crippen LogP contribution < -0.4 is 22.7 Å². The monoisotopic (exact) mass is 212 g/mol. The second kappa shape index (κ2) is 4.56. The molecule has 1 aromatic heterocycles. The van der Waals surface area contributed by atoms with Gasteiger partial charge in [0.25, 0.3) is 5.56 Å². The minimum atomic E-state index is -0.643. The fraction of sp³-hybridized carbons (Fsp3) is 0.375. The van der Waals surface area contributed by atoms with E-state index in [0.29, 0.717) is 0 Å². The highest BCUT2D eigenvalue weighted by molar-refractivity contribution is 5.73. The standard InChI is InChI=1S/C8H12N4O3/c9-2-4-12-7(14)1-3-11(8(12)15)5-6(10)13/h1,3H,2,4-5,9H2,(H2,10,13). The fourth-order valence-corrected chi connectivity index (χ4v) is 1.18. The average molecular weight is 212 g/mol. The van der Waals surface area contributed by atoms with Crippen LogP contribution in [0.15, 0.2) is 21.9 Å². The van der Waals surface area contributed by atoms with E-state index in [0.717, 1.165) is 9.13 Å². The van der Waals surface area contributed by atoms with Crippen LogP contribution in [0.25, 0.3) is 0 Å². The maximum atomic E-state index is 11.6. The number of hydrogen-bond donors (Lipinski definition) is 2. The minimum absolute atomic E-state index is 0.122. The van der Waals surface area contributed by atoms with Gasteiger partial charge in [0, 0.05) is 25.4 Å². The average Bonchev–Trinajstić information content (AvgIpc) is 2.16. The van der Waals surface area contributed by atoms with Crippen molar-refractivity contribution in [1.82, 2.24) is 9.13 Å². The zero-order chi connectivity index (χ0) is 11.4. The van der Waals surface area contributed by atoms with Crippen LogP contribution in [0.3, 0.4) is 0 Å². The number of primary amides is 1. The Morgan fingerprint density at radius 1 is 1.40 bits per heavy atom. The number of carbonyl (C=O) groups excluding carboxylic acids is 1. The molecular weight excluding hydrogens is 200 g/mol. The first kappa shape index (κ1) is 11.2. The Labute approximate surface area is 84.9 Å². The molecule has 0 radical (unpaired) electrons. The van der Waals surface area contributed by atoms with Gasteiger partial charge in [-0.25, -0.2) is 4.79 Å². The van der Waals surface area contributed by atoms with Gasteiger partial charge in [-0.3, -0.25) is 18.7 Å². The summed E-state index contributed by atoms with van der Waals surface area (Å²) in [5, 5.41) is 0. The Morgan fingerprint density at radius 2 is 2.07 bits per heavy atom. The Bertz CT molecular complexity index is 474. The first-order valence-corrected chi connectivity index (χ1v) is 4.35. The largest absolute Gasteiger partial charge is 0.368 e. The number of amides is 1. The van der Waals surface area contributed by atoms with E-state index < -0.39 is 17.2 Å². The summed E-state index contributed by atoms with van der Waals surface area (Å²) < 4.78 is 2.03. The van der Waals surface area contributed by atoms with Gasteiger partial charge in [-0.1, -0.05) is 0 Å². The van der Waals surface area contributed by atoms with Gasteiger partial charge >= 0.3 is 5.69 Å². The maximum absolute atomic E-state index is 11.6. The molecule has 82 valence electrons. The molecule has 0 unspecified atom stereocenters. The van der Waals surface area contributed by atoms with Crippen molar-refractivity contribution >= 4 is 5.91 Å². The lowest BCUT2D eigenvalue weighted by atomic mass is 10.5. The predicted molar refractivity (Wildman–Crippen MR) is 53.2 cm³/mol. The van der Waals surface area contributed by atoms with E-state index in [9.17, 15) is 14.4 Å². The van der Waals surface area contributed by atoms with E-state index >= 15 is 0 Å². The van der Waals surface area contributed by atoms with Crippen molar-refractivity contribution in [1.29, 1.82) is 0 Å². The molecule has 4 N–H and O–H groups in total. The van der Waals surface area contributed by atoms with E-state index in [1.807, 2.05) is 0 Å². The Hall–Kier alpha value is -1.89.